The van der Waals surface area contributed by atoms with Crippen LogP contribution < -0.4 is 5.32 Å². The summed E-state index contributed by atoms with van der Waals surface area (Å²) in [5, 5.41) is 12.2. The summed E-state index contributed by atoms with van der Waals surface area (Å²) in [5.41, 5.74) is 5.72. The van der Waals surface area contributed by atoms with E-state index in [4.69, 9.17) is 14.2 Å². The van der Waals surface area contributed by atoms with Crippen molar-refractivity contribution in [2.45, 2.75) is 44.6 Å². The van der Waals surface area contributed by atoms with Crippen molar-refractivity contribution in [3.05, 3.63) is 114 Å². The van der Waals surface area contributed by atoms with Crippen LogP contribution in [0.15, 0.2) is 91.8 Å². The van der Waals surface area contributed by atoms with Gasteiger partial charge >= 0.3 is 6.09 Å². The molecule has 0 spiro atoms. The summed E-state index contributed by atoms with van der Waals surface area (Å²) in [6.45, 7) is 4.69. The first-order chi connectivity index (χ1) is 18.6. The zero-order valence-corrected chi connectivity index (χ0v) is 21.0. The number of benzene rings is 3. The number of hydrogen-bond donors (Lipinski definition) is 2. The first-order valence-corrected chi connectivity index (χ1v) is 12.6. The Labute approximate surface area is 221 Å². The summed E-state index contributed by atoms with van der Waals surface area (Å²) >= 11 is 0. The van der Waals surface area contributed by atoms with Gasteiger partial charge in [0.1, 0.15) is 6.61 Å². The molecule has 2 N–H and O–H groups in total. The number of aromatic nitrogens is 2. The number of rotatable bonds is 9. The van der Waals surface area contributed by atoms with Crippen molar-refractivity contribution in [1.82, 2.24) is 14.9 Å². The van der Waals surface area contributed by atoms with Crippen molar-refractivity contribution >= 4 is 17.1 Å². The van der Waals surface area contributed by atoms with E-state index in [0.29, 0.717) is 19.5 Å². The van der Waals surface area contributed by atoms with E-state index in [-0.39, 0.29) is 25.4 Å². The van der Waals surface area contributed by atoms with Crippen molar-refractivity contribution in [3.63, 3.8) is 0 Å². The lowest BCUT2D eigenvalue weighted by atomic mass is 10.00. The summed E-state index contributed by atoms with van der Waals surface area (Å²) in [6.07, 6.45) is 2.71. The average molecular weight is 514 g/mol. The maximum Gasteiger partial charge on any atom is 0.407 e. The summed E-state index contributed by atoms with van der Waals surface area (Å²) in [4.78, 5) is 16.2. The van der Waals surface area contributed by atoms with Gasteiger partial charge in [0.15, 0.2) is 6.29 Å². The van der Waals surface area contributed by atoms with Gasteiger partial charge in [0.2, 0.25) is 0 Å². The molecule has 38 heavy (non-hydrogen) atoms. The van der Waals surface area contributed by atoms with Gasteiger partial charge in [-0.2, -0.15) is 0 Å². The number of nitrogens with zero attached hydrogens (tertiary/aromatic N) is 2. The molecule has 1 saturated heterocycles. The molecule has 0 radical (unpaired) electrons. The first-order valence-electron chi connectivity index (χ1n) is 12.6. The van der Waals surface area contributed by atoms with Crippen LogP contribution in [-0.2, 0) is 33.9 Å². The average Bonchev–Trinajstić information content (AvgIpc) is 3.37. The summed E-state index contributed by atoms with van der Waals surface area (Å²) in [5.74, 6) is 0. The molecule has 3 atom stereocenters. The molecule has 1 fully saturated rings. The van der Waals surface area contributed by atoms with Gasteiger partial charge in [0.25, 0.3) is 0 Å². The van der Waals surface area contributed by atoms with Crippen LogP contribution in [-0.4, -0.2) is 33.5 Å². The molecule has 1 aliphatic heterocycles. The highest BCUT2D eigenvalue weighted by Gasteiger charge is 2.32. The largest absolute Gasteiger partial charge is 0.445 e. The van der Waals surface area contributed by atoms with E-state index in [1.807, 2.05) is 73.1 Å². The second-order valence-electron chi connectivity index (χ2n) is 9.22. The molecule has 1 amide bonds. The van der Waals surface area contributed by atoms with E-state index >= 15 is 0 Å². The predicted molar refractivity (Wildman–Crippen MR) is 143 cm³/mol. The maximum atomic E-state index is 11.7. The molecule has 8 nitrogen and oxygen atoms in total. The predicted octanol–water partition coefficient (Wildman–Crippen LogP) is 5.19. The molecule has 5 rings (SSSR count). The molecule has 196 valence electrons. The first kappa shape index (κ1) is 25.7. The molecule has 0 unspecified atom stereocenters. The summed E-state index contributed by atoms with van der Waals surface area (Å²) in [6, 6.07) is 23.7. The fourth-order valence-corrected chi connectivity index (χ4v) is 4.56. The molecular weight excluding hydrogens is 482 g/mol. The molecular formula is C30H31N3O5. The number of imidazole rings is 1. The van der Waals surface area contributed by atoms with Crippen molar-refractivity contribution in [2.75, 3.05) is 6.61 Å². The van der Waals surface area contributed by atoms with Gasteiger partial charge in [-0.15, -0.1) is 0 Å². The number of carbonyl (C=O) groups is 1. The lowest BCUT2D eigenvalue weighted by molar-refractivity contribution is -0.252. The van der Waals surface area contributed by atoms with Crippen LogP contribution in [0.25, 0.3) is 11.0 Å². The van der Waals surface area contributed by atoms with E-state index in [0.717, 1.165) is 33.3 Å². The Morgan fingerprint density at radius 3 is 2.55 bits per heavy atom. The quantitative estimate of drug-likeness (QED) is 0.299. The van der Waals surface area contributed by atoms with Gasteiger partial charge < -0.3 is 29.2 Å². The second-order valence-corrected chi connectivity index (χ2v) is 9.22. The highest BCUT2D eigenvalue weighted by molar-refractivity contribution is 5.74. The van der Waals surface area contributed by atoms with Gasteiger partial charge in [0.05, 0.1) is 42.7 Å². The fraction of sp³-hybridized carbons (Fsp3) is 0.267. The van der Waals surface area contributed by atoms with Gasteiger partial charge in [-0.05, 0) is 28.8 Å². The highest BCUT2D eigenvalue weighted by Crippen LogP contribution is 2.38. The van der Waals surface area contributed by atoms with Crippen LogP contribution >= 0.6 is 0 Å². The van der Waals surface area contributed by atoms with Crippen LogP contribution in [0.3, 0.4) is 0 Å². The molecule has 4 aromatic rings. The Morgan fingerprint density at radius 1 is 1.05 bits per heavy atom. The van der Waals surface area contributed by atoms with E-state index < -0.39 is 12.4 Å². The fourth-order valence-electron chi connectivity index (χ4n) is 4.56. The number of amides is 1. The number of fused-ring (bicyclic) bond motifs is 1. The van der Waals surface area contributed by atoms with E-state index in [1.165, 1.54) is 6.08 Å². The number of hydrogen-bond acceptors (Lipinski definition) is 6. The van der Waals surface area contributed by atoms with Crippen molar-refractivity contribution in [1.29, 1.82) is 0 Å². The zero-order valence-electron chi connectivity index (χ0n) is 21.0. The van der Waals surface area contributed by atoms with Gasteiger partial charge in [0, 0.05) is 18.5 Å². The number of ether oxygens (including phenoxy) is 3. The third kappa shape index (κ3) is 6.11. The molecule has 0 saturated carbocycles. The Kier molecular flexibility index (Phi) is 8.13. The topological polar surface area (TPSA) is 94.8 Å². The smallest absolute Gasteiger partial charge is 0.407 e. The number of carbonyl (C=O) groups excluding carboxylic acids is 1. The zero-order chi connectivity index (χ0) is 26.3. The molecule has 3 aromatic carbocycles. The Hall–Kier alpha value is -3.98. The highest BCUT2D eigenvalue weighted by atomic mass is 16.7. The lowest BCUT2D eigenvalue weighted by Gasteiger charge is -2.36. The SMILES string of the molecule is C=CCOC(=O)NCc1ccc([C@H]2O[C@@H](Cn3cnc4ccccc43)C[C@@H](c3ccc(CO)cc3)O2)cc1. The number of alkyl carbamates (subject to hydrolysis) is 1. The van der Waals surface area contributed by atoms with Crippen molar-refractivity contribution < 1.29 is 24.1 Å². The van der Waals surface area contributed by atoms with Crippen LogP contribution in [0.2, 0.25) is 0 Å². The van der Waals surface area contributed by atoms with Crippen molar-refractivity contribution in [3.8, 4) is 0 Å². The second kappa shape index (κ2) is 12.0. The molecule has 0 aliphatic carbocycles. The lowest BCUT2D eigenvalue weighted by Crippen LogP contribution is -2.32. The number of para-hydroxylation sites is 2. The Morgan fingerprint density at radius 2 is 1.79 bits per heavy atom. The molecule has 1 aliphatic rings. The standard InChI is InChI=1S/C30H31N3O5/c1-2-15-36-30(35)31-17-21-7-13-24(14-8-21)29-37-25(18-33-20-32-26-5-3-4-6-27(26)33)16-28(38-29)23-11-9-22(19-34)10-12-23/h2-14,20,25,28-29,34H,1,15-19H2,(H,31,35)/t25-,28+,29+/m1/s1. The van der Waals surface area contributed by atoms with Gasteiger partial charge in [-0.25, -0.2) is 9.78 Å². The summed E-state index contributed by atoms with van der Waals surface area (Å²) < 4.78 is 20.0. The molecule has 0 bridgehead atoms. The van der Waals surface area contributed by atoms with E-state index in [2.05, 4.69) is 27.5 Å². The number of nitrogens with one attached hydrogen (secondary N) is 1. The van der Waals surface area contributed by atoms with E-state index in [1.54, 1.807) is 0 Å². The van der Waals surface area contributed by atoms with Crippen molar-refractivity contribution in [2.24, 2.45) is 0 Å². The Bertz CT molecular complexity index is 1370. The number of aliphatic hydroxyl groups is 1. The minimum Gasteiger partial charge on any atom is -0.445 e. The normalized spacial score (nSPS) is 19.2. The Balaban J connectivity index is 1.33. The number of aliphatic hydroxyl groups excluding tert-OH is 1. The van der Waals surface area contributed by atoms with Crippen LogP contribution in [0.1, 0.15) is 41.1 Å². The molecule has 2 heterocycles. The summed E-state index contributed by atoms with van der Waals surface area (Å²) in [7, 11) is 0. The van der Waals surface area contributed by atoms with Crippen LogP contribution in [0.4, 0.5) is 4.79 Å². The van der Waals surface area contributed by atoms with Crippen LogP contribution in [0.5, 0.6) is 0 Å². The monoisotopic (exact) mass is 513 g/mol. The molecule has 8 heteroatoms. The van der Waals surface area contributed by atoms with Crippen LogP contribution in [0, 0.1) is 0 Å². The van der Waals surface area contributed by atoms with Gasteiger partial charge in [-0.3, -0.25) is 0 Å². The third-order valence-corrected chi connectivity index (χ3v) is 6.56. The molecule has 1 aromatic heterocycles. The maximum absolute atomic E-state index is 11.7. The minimum atomic E-state index is -0.564. The van der Waals surface area contributed by atoms with Gasteiger partial charge in [-0.1, -0.05) is 73.3 Å². The minimum absolute atomic E-state index is 0.00104. The third-order valence-electron chi connectivity index (χ3n) is 6.56. The van der Waals surface area contributed by atoms with E-state index in [9.17, 15) is 9.90 Å².